The van der Waals surface area contributed by atoms with Crippen LogP contribution in [0.2, 0.25) is 0 Å². The van der Waals surface area contributed by atoms with Crippen molar-refractivity contribution in [2.45, 2.75) is 53.4 Å². The van der Waals surface area contributed by atoms with E-state index in [1.165, 1.54) is 12.7 Å². The van der Waals surface area contributed by atoms with Gasteiger partial charge in [-0.15, -0.1) is 0 Å². The zero-order valence-corrected chi connectivity index (χ0v) is 20.5. The molecule has 1 rings (SSSR count). The molecule has 0 amide bonds. The van der Waals surface area contributed by atoms with Crippen LogP contribution in [0.1, 0.15) is 52.5 Å². The van der Waals surface area contributed by atoms with Crippen LogP contribution in [0.5, 0.6) is 11.5 Å². The SMILES string of the molecule is COCCCOc1cc(C[C@@H](CC=CC[C@H](C(=O)OC)C(C)C)C(C)C)ccc1OC. The third-order valence-electron chi connectivity index (χ3n) is 5.72. The maximum atomic E-state index is 11.9. The number of esters is 1. The Bertz CT molecular complexity index is 666. The smallest absolute Gasteiger partial charge is 0.309 e. The van der Waals surface area contributed by atoms with Gasteiger partial charge in [0.2, 0.25) is 0 Å². The van der Waals surface area contributed by atoms with Crippen molar-refractivity contribution in [3.8, 4) is 11.5 Å². The Labute approximate surface area is 189 Å². The Balaban J connectivity index is 2.76. The van der Waals surface area contributed by atoms with Crippen LogP contribution in [-0.2, 0) is 20.7 Å². The van der Waals surface area contributed by atoms with Crippen LogP contribution >= 0.6 is 0 Å². The molecule has 0 aliphatic carbocycles. The third-order valence-corrected chi connectivity index (χ3v) is 5.72. The molecule has 0 unspecified atom stereocenters. The van der Waals surface area contributed by atoms with Gasteiger partial charge < -0.3 is 18.9 Å². The lowest BCUT2D eigenvalue weighted by Gasteiger charge is -2.21. The molecule has 0 saturated heterocycles. The van der Waals surface area contributed by atoms with Gasteiger partial charge in [-0.1, -0.05) is 45.9 Å². The lowest BCUT2D eigenvalue weighted by atomic mass is 9.86. The van der Waals surface area contributed by atoms with Crippen molar-refractivity contribution in [3.63, 3.8) is 0 Å². The molecule has 31 heavy (non-hydrogen) atoms. The number of benzene rings is 1. The first-order chi connectivity index (χ1) is 14.8. The van der Waals surface area contributed by atoms with Gasteiger partial charge in [0.1, 0.15) is 0 Å². The van der Waals surface area contributed by atoms with Crippen molar-refractivity contribution in [1.82, 2.24) is 0 Å². The number of rotatable bonds is 15. The molecular weight excluding hydrogens is 392 g/mol. The number of ether oxygens (including phenoxy) is 4. The Morgan fingerprint density at radius 2 is 1.65 bits per heavy atom. The van der Waals surface area contributed by atoms with Crippen molar-refractivity contribution in [2.24, 2.45) is 23.7 Å². The molecule has 0 saturated carbocycles. The first-order valence-corrected chi connectivity index (χ1v) is 11.3. The van der Waals surface area contributed by atoms with Crippen molar-refractivity contribution < 1.29 is 23.7 Å². The molecule has 2 atom stereocenters. The number of allylic oxidation sites excluding steroid dienone is 2. The Morgan fingerprint density at radius 3 is 2.23 bits per heavy atom. The summed E-state index contributed by atoms with van der Waals surface area (Å²) in [6, 6.07) is 6.20. The summed E-state index contributed by atoms with van der Waals surface area (Å²) in [6.07, 6.45) is 7.85. The van der Waals surface area contributed by atoms with Crippen molar-refractivity contribution in [2.75, 3.05) is 34.5 Å². The summed E-state index contributed by atoms with van der Waals surface area (Å²) in [6.45, 7) is 9.92. The summed E-state index contributed by atoms with van der Waals surface area (Å²) in [4.78, 5) is 11.9. The molecule has 0 aromatic heterocycles. The van der Waals surface area contributed by atoms with E-state index in [9.17, 15) is 4.79 Å². The molecule has 0 fully saturated rings. The van der Waals surface area contributed by atoms with E-state index in [-0.39, 0.29) is 17.8 Å². The maximum absolute atomic E-state index is 11.9. The average molecular weight is 435 g/mol. The number of methoxy groups -OCH3 is 3. The zero-order valence-electron chi connectivity index (χ0n) is 20.5. The second kappa shape index (κ2) is 14.9. The monoisotopic (exact) mass is 434 g/mol. The Morgan fingerprint density at radius 1 is 0.935 bits per heavy atom. The molecule has 1 aromatic carbocycles. The van der Waals surface area contributed by atoms with E-state index < -0.39 is 0 Å². The quantitative estimate of drug-likeness (QED) is 0.201. The summed E-state index contributed by atoms with van der Waals surface area (Å²) in [5.41, 5.74) is 1.24. The van der Waals surface area contributed by atoms with Gasteiger partial charge in [0.15, 0.2) is 11.5 Å². The van der Waals surface area contributed by atoms with Gasteiger partial charge in [-0.25, -0.2) is 0 Å². The first kappa shape index (κ1) is 27.0. The minimum absolute atomic E-state index is 0.0850. The fourth-order valence-corrected chi connectivity index (χ4v) is 3.55. The van der Waals surface area contributed by atoms with Gasteiger partial charge in [0.05, 0.1) is 26.7 Å². The highest BCUT2D eigenvalue weighted by Crippen LogP contribution is 2.31. The van der Waals surface area contributed by atoms with Crippen molar-refractivity contribution in [3.05, 3.63) is 35.9 Å². The standard InChI is InChI=1S/C26H42O5/c1-19(2)22(11-8-9-12-23(20(3)4)26(27)30-7)17-21-13-14-24(29-6)25(18-21)31-16-10-15-28-5/h8-9,13-14,18-20,22-23H,10-12,15-17H2,1-7H3/t22-,23+/m1/s1. The van der Waals surface area contributed by atoms with Crippen molar-refractivity contribution >= 4 is 5.97 Å². The zero-order chi connectivity index (χ0) is 23.2. The topological polar surface area (TPSA) is 54.0 Å². The second-order valence-electron chi connectivity index (χ2n) is 8.70. The molecule has 5 heteroatoms. The van der Waals surface area contributed by atoms with E-state index in [2.05, 4.69) is 52.0 Å². The Kier molecular flexibility index (Phi) is 13.0. The van der Waals surface area contributed by atoms with Gasteiger partial charge in [0.25, 0.3) is 0 Å². The molecule has 0 aliphatic heterocycles. The number of carbonyl (C=O) groups excluding carboxylic acids is 1. The number of hydrogen-bond donors (Lipinski definition) is 0. The summed E-state index contributed by atoms with van der Waals surface area (Å²) in [5.74, 6) is 2.63. The van der Waals surface area contributed by atoms with Crippen LogP contribution in [-0.4, -0.2) is 40.5 Å². The molecule has 0 spiro atoms. The largest absolute Gasteiger partial charge is 0.493 e. The minimum atomic E-state index is -0.128. The van der Waals surface area contributed by atoms with Gasteiger partial charge in [0, 0.05) is 20.1 Å². The molecule has 0 bridgehead atoms. The summed E-state index contributed by atoms with van der Waals surface area (Å²) < 4.78 is 21.4. The van der Waals surface area contributed by atoms with Gasteiger partial charge in [-0.3, -0.25) is 4.79 Å². The van der Waals surface area contributed by atoms with Crippen LogP contribution in [0.3, 0.4) is 0 Å². The average Bonchev–Trinajstić information content (AvgIpc) is 2.75. The predicted molar refractivity (Wildman–Crippen MR) is 126 cm³/mol. The van der Waals surface area contributed by atoms with Crippen LogP contribution in [0.15, 0.2) is 30.4 Å². The van der Waals surface area contributed by atoms with E-state index in [1.54, 1.807) is 14.2 Å². The van der Waals surface area contributed by atoms with Crippen LogP contribution < -0.4 is 9.47 Å². The molecule has 0 N–H and O–H groups in total. The fourth-order valence-electron chi connectivity index (χ4n) is 3.55. The van der Waals surface area contributed by atoms with Gasteiger partial charge in [-0.2, -0.15) is 0 Å². The van der Waals surface area contributed by atoms with Gasteiger partial charge >= 0.3 is 5.97 Å². The van der Waals surface area contributed by atoms with Crippen LogP contribution in [0.4, 0.5) is 0 Å². The summed E-state index contributed by atoms with van der Waals surface area (Å²) in [5, 5.41) is 0. The molecule has 1 aromatic rings. The fraction of sp³-hybridized carbons (Fsp3) is 0.654. The Hall–Kier alpha value is -2.01. The number of carbonyl (C=O) groups is 1. The predicted octanol–water partition coefficient (Wildman–Crippen LogP) is 5.71. The third kappa shape index (κ3) is 9.77. The van der Waals surface area contributed by atoms with E-state index >= 15 is 0 Å². The molecule has 0 heterocycles. The molecular formula is C26H42O5. The first-order valence-electron chi connectivity index (χ1n) is 11.3. The maximum Gasteiger partial charge on any atom is 0.309 e. The molecule has 176 valence electrons. The van der Waals surface area contributed by atoms with E-state index in [1.807, 2.05) is 6.07 Å². The van der Waals surface area contributed by atoms with E-state index in [0.29, 0.717) is 25.0 Å². The van der Waals surface area contributed by atoms with Crippen LogP contribution in [0.25, 0.3) is 0 Å². The molecule has 5 nitrogen and oxygen atoms in total. The normalized spacial score (nSPS) is 13.6. The second-order valence-corrected chi connectivity index (χ2v) is 8.70. The molecule has 0 aliphatic rings. The minimum Gasteiger partial charge on any atom is -0.493 e. The highest BCUT2D eigenvalue weighted by Gasteiger charge is 2.21. The highest BCUT2D eigenvalue weighted by molar-refractivity contribution is 5.72. The van der Waals surface area contributed by atoms with Crippen LogP contribution in [0, 0.1) is 23.7 Å². The van der Waals surface area contributed by atoms with E-state index in [4.69, 9.17) is 18.9 Å². The molecule has 0 radical (unpaired) electrons. The lowest BCUT2D eigenvalue weighted by Crippen LogP contribution is -2.21. The van der Waals surface area contributed by atoms with Gasteiger partial charge in [-0.05, 0) is 54.7 Å². The summed E-state index contributed by atoms with van der Waals surface area (Å²) in [7, 11) is 4.82. The summed E-state index contributed by atoms with van der Waals surface area (Å²) >= 11 is 0. The number of hydrogen-bond acceptors (Lipinski definition) is 5. The van der Waals surface area contributed by atoms with Crippen molar-refractivity contribution in [1.29, 1.82) is 0 Å². The lowest BCUT2D eigenvalue weighted by molar-refractivity contribution is -0.146. The highest BCUT2D eigenvalue weighted by atomic mass is 16.5. The van der Waals surface area contributed by atoms with E-state index in [0.717, 1.165) is 37.2 Å².